The Morgan fingerprint density at radius 1 is 1.54 bits per heavy atom. The number of aliphatic carboxylic acids is 1. The van der Waals surface area contributed by atoms with Crippen molar-refractivity contribution in [2.75, 3.05) is 6.61 Å². The molecule has 0 spiro atoms. The topological polar surface area (TPSA) is 66.8 Å². The van der Waals surface area contributed by atoms with Crippen LogP contribution in [0, 0.1) is 11.3 Å². The summed E-state index contributed by atoms with van der Waals surface area (Å²) in [6.07, 6.45) is 3.00. The molecule has 0 aromatic carbocycles. The zero-order chi connectivity index (χ0) is 9.90. The van der Waals surface area contributed by atoms with Crippen molar-refractivity contribution in [3.8, 4) is 0 Å². The van der Waals surface area contributed by atoms with Crippen molar-refractivity contribution in [1.82, 2.24) is 0 Å². The fourth-order valence-corrected chi connectivity index (χ4v) is 1.86. The maximum absolute atomic E-state index is 11.0. The molecule has 0 aromatic heterocycles. The molecule has 0 amide bonds. The van der Waals surface area contributed by atoms with Crippen molar-refractivity contribution in [3.63, 3.8) is 0 Å². The van der Waals surface area contributed by atoms with Gasteiger partial charge in [0.15, 0.2) is 0 Å². The first-order valence-electron chi connectivity index (χ1n) is 4.60. The van der Waals surface area contributed by atoms with E-state index in [2.05, 4.69) is 11.8 Å². The van der Waals surface area contributed by atoms with E-state index < -0.39 is 11.4 Å². The van der Waals surface area contributed by atoms with Gasteiger partial charge in [-0.2, -0.15) is 0 Å². The van der Waals surface area contributed by atoms with Crippen LogP contribution >= 0.6 is 0 Å². The van der Waals surface area contributed by atoms with E-state index in [-0.39, 0.29) is 6.61 Å². The normalized spacial score (nSPS) is 34.5. The Balaban J connectivity index is 2.63. The molecule has 1 saturated carbocycles. The lowest BCUT2D eigenvalue weighted by Gasteiger charge is -2.34. The number of carboxylic acids is 1. The Bertz CT molecular complexity index is 182. The molecule has 1 aliphatic rings. The summed E-state index contributed by atoms with van der Waals surface area (Å²) in [5.74, 6) is -0.264. The van der Waals surface area contributed by atoms with Gasteiger partial charge in [0.25, 0.3) is 0 Å². The maximum atomic E-state index is 11.0. The van der Waals surface area contributed by atoms with Gasteiger partial charge in [-0.1, -0.05) is 6.92 Å². The van der Waals surface area contributed by atoms with Crippen LogP contribution < -0.4 is 0 Å². The molecule has 1 rings (SSSR count). The summed E-state index contributed by atoms with van der Waals surface area (Å²) in [7, 11) is 0. The van der Waals surface area contributed by atoms with E-state index in [1.807, 2.05) is 0 Å². The zero-order valence-electron chi connectivity index (χ0n) is 7.82. The third kappa shape index (κ3) is 2.19. The zero-order valence-corrected chi connectivity index (χ0v) is 7.82. The third-order valence-electron chi connectivity index (χ3n) is 3.03. The third-order valence-corrected chi connectivity index (χ3v) is 3.03. The summed E-state index contributed by atoms with van der Waals surface area (Å²) in [5, 5.41) is 17.4. The second-order valence-corrected chi connectivity index (χ2v) is 4.04. The van der Waals surface area contributed by atoms with Crippen molar-refractivity contribution >= 4 is 5.97 Å². The van der Waals surface area contributed by atoms with Crippen LogP contribution in [0.1, 0.15) is 32.6 Å². The lowest BCUT2D eigenvalue weighted by Crippen LogP contribution is -2.39. The monoisotopic (exact) mass is 188 g/mol. The highest BCUT2D eigenvalue weighted by Crippen LogP contribution is 2.39. The highest BCUT2D eigenvalue weighted by Gasteiger charge is 2.41. The van der Waals surface area contributed by atoms with E-state index in [0.717, 1.165) is 12.8 Å². The standard InChI is InChI=1S/C9H16O4/c1-7-2-4-9(5-3-7,6-13-12)8(10)11/h7,12H,2-6H2,1H3,(H,10,11). The second kappa shape index (κ2) is 4.07. The van der Waals surface area contributed by atoms with Gasteiger partial charge in [0.1, 0.15) is 0 Å². The van der Waals surface area contributed by atoms with E-state index in [1.165, 1.54) is 0 Å². The molecule has 0 atom stereocenters. The van der Waals surface area contributed by atoms with E-state index in [9.17, 15) is 4.79 Å². The Hall–Kier alpha value is -0.610. The summed E-state index contributed by atoms with van der Waals surface area (Å²) in [4.78, 5) is 15.0. The van der Waals surface area contributed by atoms with Gasteiger partial charge < -0.3 is 5.11 Å². The molecule has 0 saturated heterocycles. The Labute approximate surface area is 77.4 Å². The van der Waals surface area contributed by atoms with Gasteiger partial charge in [-0.3, -0.25) is 10.1 Å². The van der Waals surface area contributed by atoms with E-state index in [0.29, 0.717) is 18.8 Å². The van der Waals surface area contributed by atoms with Crippen LogP contribution in [0.15, 0.2) is 0 Å². The van der Waals surface area contributed by atoms with Crippen LogP contribution in [-0.4, -0.2) is 22.9 Å². The molecule has 0 heterocycles. The van der Waals surface area contributed by atoms with Crippen LogP contribution in [0.4, 0.5) is 0 Å². The summed E-state index contributed by atoms with van der Waals surface area (Å²) in [6, 6.07) is 0. The van der Waals surface area contributed by atoms with Gasteiger partial charge in [-0.05, 0) is 31.6 Å². The molecule has 0 radical (unpaired) electrons. The van der Waals surface area contributed by atoms with E-state index in [4.69, 9.17) is 10.4 Å². The highest BCUT2D eigenvalue weighted by molar-refractivity contribution is 5.74. The molecule has 0 unspecified atom stereocenters. The summed E-state index contributed by atoms with van der Waals surface area (Å²) < 4.78 is 0. The number of carboxylic acid groups (broad SMARTS) is 1. The molecule has 0 aliphatic heterocycles. The van der Waals surface area contributed by atoms with Gasteiger partial charge in [0.2, 0.25) is 0 Å². The van der Waals surface area contributed by atoms with Crippen molar-refractivity contribution in [2.24, 2.45) is 11.3 Å². The Morgan fingerprint density at radius 2 is 2.08 bits per heavy atom. The SMILES string of the molecule is CC1CCC(COO)(C(=O)O)CC1. The molecule has 76 valence electrons. The molecular formula is C9H16O4. The maximum Gasteiger partial charge on any atom is 0.312 e. The Morgan fingerprint density at radius 3 is 2.46 bits per heavy atom. The van der Waals surface area contributed by atoms with Crippen molar-refractivity contribution in [1.29, 1.82) is 0 Å². The van der Waals surface area contributed by atoms with Crippen LogP contribution in [0.25, 0.3) is 0 Å². The molecule has 2 N–H and O–H groups in total. The van der Waals surface area contributed by atoms with Crippen molar-refractivity contribution in [3.05, 3.63) is 0 Å². The molecule has 4 heteroatoms. The average Bonchev–Trinajstić information content (AvgIpc) is 2.09. The number of rotatable bonds is 3. The van der Waals surface area contributed by atoms with Gasteiger partial charge in [0, 0.05) is 0 Å². The van der Waals surface area contributed by atoms with E-state index in [1.54, 1.807) is 0 Å². The quantitative estimate of drug-likeness (QED) is 0.523. The molecule has 1 aliphatic carbocycles. The average molecular weight is 188 g/mol. The molecular weight excluding hydrogens is 172 g/mol. The van der Waals surface area contributed by atoms with Crippen LogP contribution in [0.3, 0.4) is 0 Å². The lowest BCUT2D eigenvalue weighted by molar-refractivity contribution is -0.266. The van der Waals surface area contributed by atoms with Gasteiger partial charge >= 0.3 is 5.97 Å². The van der Waals surface area contributed by atoms with Gasteiger partial charge in [-0.25, -0.2) is 4.89 Å². The fraction of sp³-hybridized carbons (Fsp3) is 0.889. The molecule has 1 fully saturated rings. The first-order valence-corrected chi connectivity index (χ1v) is 4.60. The van der Waals surface area contributed by atoms with Crippen molar-refractivity contribution < 1.29 is 20.0 Å². The predicted octanol–water partition coefficient (Wildman–Crippen LogP) is 1.76. The molecule has 4 nitrogen and oxygen atoms in total. The van der Waals surface area contributed by atoms with Gasteiger partial charge in [0.05, 0.1) is 12.0 Å². The number of hydrogen-bond acceptors (Lipinski definition) is 3. The smallest absolute Gasteiger partial charge is 0.312 e. The summed E-state index contributed by atoms with van der Waals surface area (Å²) in [5.41, 5.74) is -0.846. The molecule has 0 bridgehead atoms. The van der Waals surface area contributed by atoms with Crippen LogP contribution in [0.2, 0.25) is 0 Å². The van der Waals surface area contributed by atoms with E-state index >= 15 is 0 Å². The molecule has 13 heavy (non-hydrogen) atoms. The molecule has 0 aromatic rings. The number of hydrogen-bond donors (Lipinski definition) is 2. The fourth-order valence-electron chi connectivity index (χ4n) is 1.86. The van der Waals surface area contributed by atoms with Crippen LogP contribution in [-0.2, 0) is 9.68 Å². The minimum atomic E-state index is -0.853. The van der Waals surface area contributed by atoms with Crippen LogP contribution in [0.5, 0.6) is 0 Å². The van der Waals surface area contributed by atoms with Gasteiger partial charge in [-0.15, -0.1) is 0 Å². The number of carbonyl (C=O) groups is 1. The summed E-state index contributed by atoms with van der Waals surface area (Å²) in [6.45, 7) is 2.03. The first-order chi connectivity index (χ1) is 6.10. The first kappa shape index (κ1) is 10.5. The highest BCUT2D eigenvalue weighted by atomic mass is 17.1. The minimum Gasteiger partial charge on any atom is -0.481 e. The predicted molar refractivity (Wildman–Crippen MR) is 46.3 cm³/mol. The Kier molecular flexibility index (Phi) is 3.27. The lowest BCUT2D eigenvalue weighted by atomic mass is 9.71. The minimum absolute atomic E-state index is 0.0882. The summed E-state index contributed by atoms with van der Waals surface area (Å²) >= 11 is 0. The van der Waals surface area contributed by atoms with Crippen molar-refractivity contribution in [2.45, 2.75) is 32.6 Å². The second-order valence-electron chi connectivity index (χ2n) is 4.04. The largest absolute Gasteiger partial charge is 0.481 e.